The lowest BCUT2D eigenvalue weighted by Gasteiger charge is -2.23. The highest BCUT2D eigenvalue weighted by molar-refractivity contribution is 7.99. The first-order valence-electron chi connectivity index (χ1n) is 11.7. The topological polar surface area (TPSA) is 63.9 Å². The van der Waals surface area contributed by atoms with Crippen LogP contribution in [0.25, 0.3) is 11.4 Å². The number of anilines is 2. The first-order chi connectivity index (χ1) is 17.8. The Bertz CT molecular complexity index is 1350. The van der Waals surface area contributed by atoms with Gasteiger partial charge in [0, 0.05) is 35.9 Å². The Hall–Kier alpha value is -4.23. The van der Waals surface area contributed by atoms with Gasteiger partial charge in [-0.2, -0.15) is 0 Å². The Morgan fingerprint density at radius 1 is 0.750 bits per heavy atom. The molecule has 0 spiro atoms. The summed E-state index contributed by atoms with van der Waals surface area (Å²) in [6, 6.07) is 33.6. The highest BCUT2D eigenvalue weighted by Gasteiger charge is 2.21. The molecule has 0 aliphatic rings. The Morgan fingerprint density at radius 3 is 1.94 bits per heavy atom. The van der Waals surface area contributed by atoms with Gasteiger partial charge in [0.15, 0.2) is 11.0 Å². The minimum absolute atomic E-state index is 0.0273. The average molecular weight is 492 g/mol. The van der Waals surface area contributed by atoms with Crippen LogP contribution in [0.3, 0.4) is 0 Å². The second-order valence-corrected chi connectivity index (χ2v) is 9.06. The summed E-state index contributed by atoms with van der Waals surface area (Å²) in [7, 11) is 0. The summed E-state index contributed by atoms with van der Waals surface area (Å²) in [6.07, 6.45) is 4.33. The molecule has 0 saturated carbocycles. The number of aryl methyl sites for hydroxylation is 1. The van der Waals surface area contributed by atoms with E-state index in [1.54, 1.807) is 17.3 Å². The molecule has 2 aromatic heterocycles. The minimum atomic E-state index is -0.0273. The molecule has 1 amide bonds. The van der Waals surface area contributed by atoms with Crippen LogP contribution < -0.4 is 4.90 Å². The molecule has 0 bridgehead atoms. The summed E-state index contributed by atoms with van der Waals surface area (Å²) in [5.74, 6) is 0.968. The fourth-order valence-corrected chi connectivity index (χ4v) is 4.79. The highest BCUT2D eigenvalue weighted by atomic mass is 32.2. The van der Waals surface area contributed by atoms with Crippen molar-refractivity contribution in [2.45, 2.75) is 18.1 Å². The third-order valence-corrected chi connectivity index (χ3v) is 6.68. The van der Waals surface area contributed by atoms with Crippen molar-refractivity contribution >= 4 is 29.0 Å². The van der Waals surface area contributed by atoms with Gasteiger partial charge >= 0.3 is 0 Å². The number of benzene rings is 3. The fourth-order valence-electron chi connectivity index (χ4n) is 3.98. The van der Waals surface area contributed by atoms with Crippen LogP contribution in [0.1, 0.15) is 5.56 Å². The molecular weight excluding hydrogens is 466 g/mol. The number of carbonyl (C=O) groups excluding carboxylic acids is 1. The number of thioether (sulfide) groups is 1. The number of aromatic nitrogens is 4. The number of pyridine rings is 1. The fraction of sp³-hybridized carbons (Fsp3) is 0.103. The predicted octanol–water partition coefficient (Wildman–Crippen LogP) is 6.04. The lowest BCUT2D eigenvalue weighted by Crippen LogP contribution is -2.27. The maximum Gasteiger partial charge on any atom is 0.242 e. The standard InChI is InChI=1S/C29H25N5OS/c35-27(34(25-12-6-2-7-13-25)26-14-8-3-9-15-26)22-36-29-32-31-28(24-16-19-30-20-17-24)33(29)21-18-23-10-4-1-5-11-23/h1-17,19-20H,18,21-22H2. The zero-order valence-corrected chi connectivity index (χ0v) is 20.5. The van der Waals surface area contributed by atoms with Gasteiger partial charge in [-0.1, -0.05) is 78.5 Å². The first kappa shape index (κ1) is 23.5. The zero-order chi connectivity index (χ0) is 24.6. The van der Waals surface area contributed by atoms with Crippen molar-refractivity contribution in [2.24, 2.45) is 0 Å². The number of nitrogens with zero attached hydrogens (tertiary/aromatic N) is 5. The molecule has 3 aromatic carbocycles. The summed E-state index contributed by atoms with van der Waals surface area (Å²) in [4.78, 5) is 19.4. The van der Waals surface area contributed by atoms with Crippen LogP contribution in [-0.4, -0.2) is 31.4 Å². The van der Waals surface area contributed by atoms with Gasteiger partial charge in [0.05, 0.1) is 5.75 Å². The normalized spacial score (nSPS) is 10.8. The Balaban J connectivity index is 1.40. The second-order valence-electron chi connectivity index (χ2n) is 8.12. The summed E-state index contributed by atoms with van der Waals surface area (Å²) < 4.78 is 2.09. The van der Waals surface area contributed by atoms with Crippen LogP contribution in [0.15, 0.2) is 121 Å². The molecule has 0 saturated heterocycles. The third kappa shape index (κ3) is 5.53. The Labute approximate surface area is 214 Å². The van der Waals surface area contributed by atoms with E-state index < -0.39 is 0 Å². The number of amides is 1. The van der Waals surface area contributed by atoms with E-state index in [4.69, 9.17) is 0 Å². The van der Waals surface area contributed by atoms with E-state index >= 15 is 0 Å². The van der Waals surface area contributed by atoms with Gasteiger partial charge in [-0.05, 0) is 48.4 Å². The largest absolute Gasteiger partial charge is 0.302 e. The van der Waals surface area contributed by atoms with Gasteiger partial charge in [0.25, 0.3) is 0 Å². The average Bonchev–Trinajstić information content (AvgIpc) is 3.36. The van der Waals surface area contributed by atoms with E-state index in [1.807, 2.05) is 91.0 Å². The Morgan fingerprint density at radius 2 is 1.33 bits per heavy atom. The summed E-state index contributed by atoms with van der Waals surface area (Å²) in [6.45, 7) is 0.701. The van der Waals surface area contributed by atoms with Gasteiger partial charge in [-0.25, -0.2) is 0 Å². The quantitative estimate of drug-likeness (QED) is 0.235. The molecule has 5 aromatic rings. The maximum absolute atomic E-state index is 13.5. The van der Waals surface area contributed by atoms with Crippen molar-refractivity contribution < 1.29 is 4.79 Å². The molecule has 36 heavy (non-hydrogen) atoms. The summed E-state index contributed by atoms with van der Waals surface area (Å²) in [5, 5.41) is 9.66. The molecule has 0 unspecified atom stereocenters. The van der Waals surface area contributed by atoms with Gasteiger partial charge < -0.3 is 4.57 Å². The molecular formula is C29H25N5OS. The smallest absolute Gasteiger partial charge is 0.242 e. The molecule has 0 N–H and O–H groups in total. The number of rotatable bonds is 9. The van der Waals surface area contributed by atoms with Crippen molar-refractivity contribution in [1.29, 1.82) is 0 Å². The summed E-state index contributed by atoms with van der Waals surface area (Å²) >= 11 is 1.41. The van der Waals surface area contributed by atoms with E-state index in [1.165, 1.54) is 17.3 Å². The minimum Gasteiger partial charge on any atom is -0.302 e. The van der Waals surface area contributed by atoms with Crippen molar-refractivity contribution in [2.75, 3.05) is 10.7 Å². The molecule has 2 heterocycles. The molecule has 5 rings (SSSR count). The maximum atomic E-state index is 13.5. The lowest BCUT2D eigenvalue weighted by molar-refractivity contribution is -0.115. The predicted molar refractivity (Wildman–Crippen MR) is 144 cm³/mol. The molecule has 0 radical (unpaired) electrons. The zero-order valence-electron chi connectivity index (χ0n) is 19.6. The van der Waals surface area contributed by atoms with E-state index in [2.05, 4.69) is 31.9 Å². The van der Waals surface area contributed by atoms with E-state index in [0.717, 1.165) is 29.2 Å². The monoisotopic (exact) mass is 491 g/mol. The van der Waals surface area contributed by atoms with E-state index in [-0.39, 0.29) is 11.7 Å². The van der Waals surface area contributed by atoms with Crippen LogP contribution in [0.5, 0.6) is 0 Å². The van der Waals surface area contributed by atoms with Crippen LogP contribution in [-0.2, 0) is 17.8 Å². The molecule has 0 aliphatic carbocycles. The van der Waals surface area contributed by atoms with Crippen LogP contribution in [0.2, 0.25) is 0 Å². The molecule has 6 nitrogen and oxygen atoms in total. The third-order valence-electron chi connectivity index (χ3n) is 5.73. The number of hydrogen-bond acceptors (Lipinski definition) is 5. The van der Waals surface area contributed by atoms with Gasteiger partial charge in [-0.3, -0.25) is 14.7 Å². The van der Waals surface area contributed by atoms with Crippen LogP contribution >= 0.6 is 11.8 Å². The number of carbonyl (C=O) groups is 1. The molecule has 0 aliphatic heterocycles. The van der Waals surface area contributed by atoms with Gasteiger partial charge in [0.1, 0.15) is 0 Å². The van der Waals surface area contributed by atoms with Crippen molar-refractivity contribution in [3.05, 3.63) is 121 Å². The molecule has 0 atom stereocenters. The molecule has 0 fully saturated rings. The number of para-hydroxylation sites is 2. The number of hydrogen-bond donors (Lipinski definition) is 0. The summed E-state index contributed by atoms with van der Waals surface area (Å²) in [5.41, 5.74) is 3.84. The second kappa shape index (κ2) is 11.5. The first-order valence-corrected chi connectivity index (χ1v) is 12.7. The lowest BCUT2D eigenvalue weighted by atomic mass is 10.1. The molecule has 7 heteroatoms. The van der Waals surface area contributed by atoms with Crippen molar-refractivity contribution in [1.82, 2.24) is 19.7 Å². The van der Waals surface area contributed by atoms with E-state index in [9.17, 15) is 4.79 Å². The van der Waals surface area contributed by atoms with Gasteiger partial charge in [0.2, 0.25) is 5.91 Å². The van der Waals surface area contributed by atoms with Crippen molar-refractivity contribution in [3.8, 4) is 11.4 Å². The Kier molecular flexibility index (Phi) is 7.49. The van der Waals surface area contributed by atoms with Crippen LogP contribution in [0, 0.1) is 0 Å². The SMILES string of the molecule is O=C(CSc1nnc(-c2ccncc2)n1CCc1ccccc1)N(c1ccccc1)c1ccccc1. The van der Waals surface area contributed by atoms with Crippen molar-refractivity contribution in [3.63, 3.8) is 0 Å². The van der Waals surface area contributed by atoms with Gasteiger partial charge in [-0.15, -0.1) is 10.2 Å². The molecule has 178 valence electrons. The highest BCUT2D eigenvalue weighted by Crippen LogP contribution is 2.29. The van der Waals surface area contributed by atoms with E-state index in [0.29, 0.717) is 11.7 Å². The van der Waals surface area contributed by atoms with Crippen LogP contribution in [0.4, 0.5) is 11.4 Å².